The molecule has 31 heavy (non-hydrogen) atoms. The molecular weight excluding hydrogens is 499 g/mol. The number of carbonyl (C=O) groups is 1. The van der Waals surface area contributed by atoms with Crippen LogP contribution in [0.2, 0.25) is 0 Å². The van der Waals surface area contributed by atoms with Gasteiger partial charge in [-0.3, -0.25) is 0 Å². The standard InChI is InChI=1S/C20H24BrFO8S/c1-2-28-19(25)14-8-20(29-16(9-23)17(10-24)30-20)6-5-18(14)31(26,27)11-12-3-4-13(22)7-15(12)21/h3-4,7-8,16-18,23-24H,2,5-6,9-11H2,1H3/t16-,17-,18?/m1/s1. The van der Waals surface area contributed by atoms with Crippen LogP contribution in [0.25, 0.3) is 0 Å². The molecule has 1 heterocycles. The van der Waals surface area contributed by atoms with Crippen LogP contribution in [0.15, 0.2) is 34.3 Å². The molecule has 1 spiro atoms. The zero-order chi connectivity index (χ0) is 22.8. The van der Waals surface area contributed by atoms with Crippen molar-refractivity contribution in [2.24, 2.45) is 0 Å². The lowest BCUT2D eigenvalue weighted by Crippen LogP contribution is -2.41. The molecule has 1 aromatic rings. The van der Waals surface area contributed by atoms with Crippen LogP contribution in [0.1, 0.15) is 25.3 Å². The van der Waals surface area contributed by atoms with Crippen LogP contribution >= 0.6 is 15.9 Å². The van der Waals surface area contributed by atoms with Crippen molar-refractivity contribution in [1.29, 1.82) is 0 Å². The fraction of sp³-hybridized carbons (Fsp3) is 0.550. The first-order chi connectivity index (χ1) is 14.6. The van der Waals surface area contributed by atoms with Crippen LogP contribution < -0.4 is 0 Å². The Morgan fingerprint density at radius 1 is 1.29 bits per heavy atom. The van der Waals surface area contributed by atoms with E-state index in [1.807, 2.05) is 0 Å². The molecule has 1 unspecified atom stereocenters. The lowest BCUT2D eigenvalue weighted by Gasteiger charge is -2.33. The Kier molecular flexibility index (Phi) is 7.54. The second-order valence-electron chi connectivity index (χ2n) is 7.38. The third-order valence-corrected chi connectivity index (χ3v) is 8.08. The molecule has 2 N–H and O–H groups in total. The highest BCUT2D eigenvalue weighted by molar-refractivity contribution is 9.10. The minimum absolute atomic E-state index is 0.00208. The summed E-state index contributed by atoms with van der Waals surface area (Å²) in [7, 11) is -3.90. The predicted octanol–water partition coefficient (Wildman–Crippen LogP) is 1.62. The highest BCUT2D eigenvalue weighted by Gasteiger charge is 2.51. The Morgan fingerprint density at radius 2 is 1.94 bits per heavy atom. The third-order valence-electron chi connectivity index (χ3n) is 5.27. The number of esters is 1. The summed E-state index contributed by atoms with van der Waals surface area (Å²) in [5.41, 5.74) is 0.237. The quantitative estimate of drug-likeness (QED) is 0.518. The number of sulfone groups is 1. The van der Waals surface area contributed by atoms with E-state index in [0.29, 0.717) is 10.0 Å². The minimum Gasteiger partial charge on any atom is -0.463 e. The van der Waals surface area contributed by atoms with Gasteiger partial charge in [0.15, 0.2) is 15.6 Å². The molecule has 3 atom stereocenters. The highest BCUT2D eigenvalue weighted by atomic mass is 79.9. The molecular formula is C20H24BrFO8S. The van der Waals surface area contributed by atoms with Gasteiger partial charge in [-0.1, -0.05) is 22.0 Å². The Balaban J connectivity index is 1.95. The summed E-state index contributed by atoms with van der Waals surface area (Å²) < 4.78 is 56.7. The highest BCUT2D eigenvalue weighted by Crippen LogP contribution is 2.41. The van der Waals surface area contributed by atoms with Crippen molar-refractivity contribution >= 4 is 31.7 Å². The van der Waals surface area contributed by atoms with Gasteiger partial charge in [-0.2, -0.15) is 0 Å². The van der Waals surface area contributed by atoms with Gasteiger partial charge in [0.05, 0.1) is 36.4 Å². The number of aliphatic hydroxyl groups is 2. The molecule has 1 aliphatic heterocycles. The van der Waals surface area contributed by atoms with Gasteiger partial charge in [0.25, 0.3) is 0 Å². The van der Waals surface area contributed by atoms with E-state index in [9.17, 15) is 27.8 Å². The summed E-state index contributed by atoms with van der Waals surface area (Å²) in [6.07, 6.45) is -0.241. The van der Waals surface area contributed by atoms with Crippen molar-refractivity contribution in [3.8, 4) is 0 Å². The van der Waals surface area contributed by atoms with E-state index in [2.05, 4.69) is 15.9 Å². The van der Waals surface area contributed by atoms with Crippen LogP contribution in [0, 0.1) is 5.82 Å². The van der Waals surface area contributed by atoms with E-state index in [1.54, 1.807) is 6.92 Å². The third kappa shape index (κ3) is 5.18. The molecule has 8 nitrogen and oxygen atoms in total. The summed E-state index contributed by atoms with van der Waals surface area (Å²) in [5, 5.41) is 17.8. The number of hydrogen-bond acceptors (Lipinski definition) is 8. The first-order valence-electron chi connectivity index (χ1n) is 9.77. The normalized spacial score (nSPS) is 25.5. The topological polar surface area (TPSA) is 119 Å². The van der Waals surface area contributed by atoms with Crippen molar-refractivity contribution in [1.82, 2.24) is 0 Å². The fourth-order valence-electron chi connectivity index (χ4n) is 3.81. The van der Waals surface area contributed by atoms with Crippen LogP contribution in [0.5, 0.6) is 0 Å². The summed E-state index contributed by atoms with van der Waals surface area (Å²) in [5.74, 6) is -3.17. The molecule has 172 valence electrons. The number of aliphatic hydroxyl groups excluding tert-OH is 2. The molecule has 1 saturated heterocycles. The molecule has 1 aliphatic carbocycles. The maximum atomic E-state index is 13.4. The number of ether oxygens (including phenoxy) is 3. The van der Waals surface area contributed by atoms with E-state index in [0.717, 1.165) is 6.07 Å². The van der Waals surface area contributed by atoms with Gasteiger partial charge in [0.2, 0.25) is 0 Å². The number of benzene rings is 1. The van der Waals surface area contributed by atoms with E-state index in [4.69, 9.17) is 14.2 Å². The molecule has 0 bridgehead atoms. The Bertz CT molecular complexity index is 952. The second-order valence-corrected chi connectivity index (χ2v) is 10.4. The molecule has 2 aliphatic rings. The zero-order valence-electron chi connectivity index (χ0n) is 16.8. The first-order valence-corrected chi connectivity index (χ1v) is 12.3. The van der Waals surface area contributed by atoms with Gasteiger partial charge in [-0.25, -0.2) is 17.6 Å². The number of halogens is 2. The van der Waals surface area contributed by atoms with Crippen molar-refractivity contribution < 1.29 is 42.0 Å². The molecule has 0 aromatic heterocycles. The molecule has 0 saturated carbocycles. The van der Waals surface area contributed by atoms with E-state index >= 15 is 0 Å². The largest absolute Gasteiger partial charge is 0.463 e. The molecule has 1 fully saturated rings. The van der Waals surface area contributed by atoms with E-state index < -0.39 is 63.8 Å². The summed E-state index contributed by atoms with van der Waals surface area (Å²) >= 11 is 3.17. The van der Waals surface area contributed by atoms with Crippen molar-refractivity contribution in [3.63, 3.8) is 0 Å². The SMILES string of the molecule is CCOC(=O)C1=CC2(CCC1S(=O)(=O)Cc1ccc(F)cc1Br)O[C@H](CO)[C@@H](CO)O2. The summed E-state index contributed by atoms with van der Waals surface area (Å²) in [6.45, 7) is 0.827. The number of hydrogen-bond donors (Lipinski definition) is 2. The van der Waals surface area contributed by atoms with Crippen molar-refractivity contribution in [2.45, 2.75) is 48.8 Å². The Labute approximate surface area is 188 Å². The Morgan fingerprint density at radius 3 is 2.48 bits per heavy atom. The van der Waals surface area contributed by atoms with Crippen molar-refractivity contribution in [2.75, 3.05) is 19.8 Å². The lowest BCUT2D eigenvalue weighted by molar-refractivity contribution is -0.154. The summed E-state index contributed by atoms with van der Waals surface area (Å²) in [6, 6.07) is 3.71. The molecule has 11 heteroatoms. The maximum Gasteiger partial charge on any atom is 0.335 e. The maximum absolute atomic E-state index is 13.4. The smallest absolute Gasteiger partial charge is 0.335 e. The second kappa shape index (κ2) is 9.63. The molecule has 3 rings (SSSR count). The Hall–Kier alpha value is -1.37. The van der Waals surface area contributed by atoms with Crippen LogP contribution in [0.4, 0.5) is 4.39 Å². The van der Waals surface area contributed by atoms with Gasteiger partial charge in [0.1, 0.15) is 18.0 Å². The van der Waals surface area contributed by atoms with Crippen LogP contribution in [-0.2, 0) is 34.6 Å². The van der Waals surface area contributed by atoms with Gasteiger partial charge in [-0.15, -0.1) is 0 Å². The van der Waals surface area contributed by atoms with Gasteiger partial charge in [-0.05, 0) is 37.1 Å². The van der Waals surface area contributed by atoms with Gasteiger partial charge in [0, 0.05) is 10.9 Å². The number of rotatable bonds is 7. The zero-order valence-corrected chi connectivity index (χ0v) is 19.2. The summed E-state index contributed by atoms with van der Waals surface area (Å²) in [4.78, 5) is 12.6. The number of carbonyl (C=O) groups excluding carboxylic acids is 1. The monoisotopic (exact) mass is 522 g/mol. The van der Waals surface area contributed by atoms with E-state index in [1.165, 1.54) is 18.2 Å². The first kappa shape index (κ1) is 24.3. The van der Waals surface area contributed by atoms with E-state index in [-0.39, 0.29) is 25.0 Å². The minimum atomic E-state index is -3.90. The predicted molar refractivity (Wildman–Crippen MR) is 111 cm³/mol. The average Bonchev–Trinajstić information content (AvgIpc) is 3.07. The van der Waals surface area contributed by atoms with Gasteiger partial charge >= 0.3 is 5.97 Å². The lowest BCUT2D eigenvalue weighted by atomic mass is 9.94. The van der Waals surface area contributed by atoms with Crippen molar-refractivity contribution in [3.05, 3.63) is 45.7 Å². The molecule has 0 radical (unpaired) electrons. The van der Waals surface area contributed by atoms with Crippen LogP contribution in [0.3, 0.4) is 0 Å². The molecule has 0 amide bonds. The van der Waals surface area contributed by atoms with Gasteiger partial charge < -0.3 is 24.4 Å². The van der Waals surface area contributed by atoms with Crippen LogP contribution in [-0.4, -0.2) is 67.7 Å². The average molecular weight is 523 g/mol. The fourth-order valence-corrected chi connectivity index (χ4v) is 6.40. The molecule has 1 aromatic carbocycles.